The van der Waals surface area contributed by atoms with E-state index in [0.29, 0.717) is 13.1 Å². The fourth-order valence-corrected chi connectivity index (χ4v) is 3.71. The normalized spacial score (nSPS) is 24.2. The van der Waals surface area contributed by atoms with Crippen molar-refractivity contribution in [3.05, 3.63) is 65.7 Å². The molecule has 0 saturated carbocycles. The smallest absolute Gasteiger partial charge is 0.123 e. The lowest BCUT2D eigenvalue weighted by molar-refractivity contribution is 0.0641. The number of likely N-dealkylation sites (tertiary alicyclic amines) is 1. The molecular formula is C19H20FN3O2. The number of hydrogen-bond donors (Lipinski definition) is 3. The van der Waals surface area contributed by atoms with E-state index in [9.17, 15) is 14.6 Å². The van der Waals surface area contributed by atoms with E-state index in [1.807, 2.05) is 18.2 Å². The summed E-state index contributed by atoms with van der Waals surface area (Å²) >= 11 is 0. The van der Waals surface area contributed by atoms with Gasteiger partial charge in [-0.1, -0.05) is 18.2 Å². The van der Waals surface area contributed by atoms with Crippen LogP contribution in [0.25, 0.3) is 11.0 Å². The highest BCUT2D eigenvalue weighted by Crippen LogP contribution is 2.33. The maximum atomic E-state index is 13.2. The third kappa shape index (κ3) is 3.04. The Morgan fingerprint density at radius 1 is 1.20 bits per heavy atom. The monoisotopic (exact) mass is 341 g/mol. The largest absolute Gasteiger partial charge is 0.395 e. The van der Waals surface area contributed by atoms with Crippen LogP contribution in [0.15, 0.2) is 48.8 Å². The average Bonchev–Trinajstić information content (AvgIpc) is 3.20. The van der Waals surface area contributed by atoms with Gasteiger partial charge in [0.25, 0.3) is 0 Å². The molecule has 3 N–H and O–H groups in total. The van der Waals surface area contributed by atoms with E-state index in [1.165, 1.54) is 12.1 Å². The minimum Gasteiger partial charge on any atom is -0.395 e. The van der Waals surface area contributed by atoms with E-state index < -0.39 is 6.10 Å². The van der Waals surface area contributed by atoms with Gasteiger partial charge in [-0.25, -0.2) is 9.37 Å². The zero-order valence-corrected chi connectivity index (χ0v) is 13.6. The maximum Gasteiger partial charge on any atom is 0.123 e. The van der Waals surface area contributed by atoms with Gasteiger partial charge in [-0.15, -0.1) is 0 Å². The van der Waals surface area contributed by atoms with Gasteiger partial charge in [-0.3, -0.25) is 4.90 Å². The minimum absolute atomic E-state index is 0.120. The van der Waals surface area contributed by atoms with Crippen LogP contribution in [0, 0.1) is 5.82 Å². The lowest BCUT2D eigenvalue weighted by Crippen LogP contribution is -2.38. The van der Waals surface area contributed by atoms with Crippen molar-refractivity contribution >= 4 is 11.0 Å². The number of rotatable bonds is 4. The lowest BCUT2D eigenvalue weighted by Gasteiger charge is -2.24. The third-order valence-corrected chi connectivity index (χ3v) is 5.06. The summed E-state index contributed by atoms with van der Waals surface area (Å²) in [5, 5.41) is 20.4. The summed E-state index contributed by atoms with van der Waals surface area (Å²) in [6.07, 6.45) is 0.973. The highest BCUT2D eigenvalue weighted by Gasteiger charge is 2.40. The Hall–Kier alpha value is -2.28. The molecular weight excluding hydrogens is 321 g/mol. The Morgan fingerprint density at radius 3 is 2.76 bits per heavy atom. The molecule has 0 aliphatic carbocycles. The van der Waals surface area contributed by atoms with E-state index in [4.69, 9.17) is 0 Å². The summed E-state index contributed by atoms with van der Waals surface area (Å²) in [6, 6.07) is 11.9. The predicted molar refractivity (Wildman–Crippen MR) is 92.5 cm³/mol. The molecule has 1 fully saturated rings. The van der Waals surface area contributed by atoms with Crippen LogP contribution in [0.4, 0.5) is 4.39 Å². The van der Waals surface area contributed by atoms with Gasteiger partial charge in [0.05, 0.1) is 36.1 Å². The molecule has 2 aromatic carbocycles. The first-order chi connectivity index (χ1) is 12.2. The first kappa shape index (κ1) is 16.2. The van der Waals surface area contributed by atoms with Crippen LogP contribution in [0.5, 0.6) is 0 Å². The Labute approximate surface area is 144 Å². The number of aliphatic hydroxyl groups is 2. The molecule has 1 saturated heterocycles. The van der Waals surface area contributed by atoms with Crippen molar-refractivity contribution in [1.82, 2.24) is 14.9 Å². The number of halogens is 1. The highest BCUT2D eigenvalue weighted by molar-refractivity contribution is 5.75. The van der Waals surface area contributed by atoms with Gasteiger partial charge >= 0.3 is 0 Å². The summed E-state index contributed by atoms with van der Waals surface area (Å²) in [6.45, 7) is 1.11. The van der Waals surface area contributed by atoms with Gasteiger partial charge in [0.1, 0.15) is 5.82 Å². The zero-order chi connectivity index (χ0) is 17.4. The minimum atomic E-state index is -0.689. The topological polar surface area (TPSA) is 72.4 Å². The van der Waals surface area contributed by atoms with Crippen LogP contribution in [0.2, 0.25) is 0 Å². The molecule has 130 valence electrons. The zero-order valence-electron chi connectivity index (χ0n) is 13.6. The molecule has 3 atom stereocenters. The van der Waals surface area contributed by atoms with E-state index in [2.05, 4.69) is 14.9 Å². The van der Waals surface area contributed by atoms with Gasteiger partial charge in [-0.05, 0) is 35.4 Å². The molecule has 1 aliphatic heterocycles. The van der Waals surface area contributed by atoms with E-state index in [1.54, 1.807) is 18.5 Å². The maximum absolute atomic E-state index is 13.2. The molecule has 0 radical (unpaired) electrons. The van der Waals surface area contributed by atoms with Crippen LogP contribution in [-0.2, 0) is 6.54 Å². The summed E-state index contributed by atoms with van der Waals surface area (Å²) in [5.74, 6) is -0.437. The van der Waals surface area contributed by atoms with Gasteiger partial charge in [-0.2, -0.15) is 0 Å². The standard InChI is InChI=1S/C19H20FN3O2/c20-14-4-2-13(3-5-14)15-9-23(18(10-24)19(15)25)8-12-1-6-16-17(7-12)22-11-21-16/h1-7,11,15,18-19,24-25H,8-10H2,(H,21,22)/t15-,18-,19-/m1/s1. The molecule has 2 heterocycles. The van der Waals surface area contributed by atoms with Crippen LogP contribution in [0.3, 0.4) is 0 Å². The second-order valence-corrected chi connectivity index (χ2v) is 6.58. The number of H-pyrrole nitrogens is 1. The summed E-state index contributed by atoms with van der Waals surface area (Å²) < 4.78 is 13.2. The highest BCUT2D eigenvalue weighted by atomic mass is 19.1. The van der Waals surface area contributed by atoms with Gasteiger partial charge in [0, 0.05) is 19.0 Å². The van der Waals surface area contributed by atoms with Crippen molar-refractivity contribution in [3.63, 3.8) is 0 Å². The van der Waals surface area contributed by atoms with Crippen molar-refractivity contribution in [3.8, 4) is 0 Å². The summed E-state index contributed by atoms with van der Waals surface area (Å²) in [7, 11) is 0. The molecule has 5 nitrogen and oxygen atoms in total. The van der Waals surface area contributed by atoms with Crippen molar-refractivity contribution < 1.29 is 14.6 Å². The van der Waals surface area contributed by atoms with Gasteiger partial charge in [0.2, 0.25) is 0 Å². The van der Waals surface area contributed by atoms with Crippen LogP contribution in [-0.4, -0.2) is 50.4 Å². The van der Waals surface area contributed by atoms with Crippen LogP contribution >= 0.6 is 0 Å². The van der Waals surface area contributed by atoms with Crippen LogP contribution < -0.4 is 0 Å². The molecule has 1 aliphatic rings. The second kappa shape index (κ2) is 6.55. The average molecular weight is 341 g/mol. The Morgan fingerprint density at radius 2 is 2.00 bits per heavy atom. The molecule has 6 heteroatoms. The van der Waals surface area contributed by atoms with Gasteiger partial charge in [0.15, 0.2) is 0 Å². The second-order valence-electron chi connectivity index (χ2n) is 6.58. The molecule has 1 aromatic heterocycles. The number of aromatic nitrogens is 2. The number of imidazole rings is 1. The molecule has 4 rings (SSSR count). The summed E-state index contributed by atoms with van der Waals surface area (Å²) in [5.41, 5.74) is 3.85. The van der Waals surface area contributed by atoms with E-state index in [0.717, 1.165) is 22.2 Å². The number of hydrogen-bond acceptors (Lipinski definition) is 4. The summed E-state index contributed by atoms with van der Waals surface area (Å²) in [4.78, 5) is 9.39. The first-order valence-electron chi connectivity index (χ1n) is 8.36. The Balaban J connectivity index is 1.56. The van der Waals surface area contributed by atoms with Gasteiger partial charge < -0.3 is 15.2 Å². The molecule has 0 unspecified atom stereocenters. The van der Waals surface area contributed by atoms with Crippen LogP contribution in [0.1, 0.15) is 17.0 Å². The predicted octanol–water partition coefficient (Wildman–Crippen LogP) is 2.02. The van der Waals surface area contributed by atoms with Crippen molar-refractivity contribution in [1.29, 1.82) is 0 Å². The Kier molecular flexibility index (Phi) is 4.25. The van der Waals surface area contributed by atoms with Crippen molar-refractivity contribution in [2.45, 2.75) is 24.6 Å². The fraction of sp³-hybridized carbons (Fsp3) is 0.316. The fourth-order valence-electron chi connectivity index (χ4n) is 3.71. The number of benzene rings is 2. The number of aliphatic hydroxyl groups excluding tert-OH is 2. The number of fused-ring (bicyclic) bond motifs is 1. The molecule has 3 aromatic rings. The SMILES string of the molecule is OC[C@@H]1[C@H](O)[C@@H](c2ccc(F)cc2)CN1Cc1ccc2nc[nH]c2c1. The number of aromatic amines is 1. The molecule has 0 spiro atoms. The van der Waals surface area contributed by atoms with Crippen molar-refractivity contribution in [2.24, 2.45) is 0 Å². The van der Waals surface area contributed by atoms with Crippen molar-refractivity contribution in [2.75, 3.05) is 13.2 Å². The lowest BCUT2D eigenvalue weighted by atomic mass is 9.94. The third-order valence-electron chi connectivity index (χ3n) is 5.06. The Bertz CT molecular complexity index is 864. The van der Waals surface area contributed by atoms with E-state index >= 15 is 0 Å². The number of nitrogens with one attached hydrogen (secondary N) is 1. The molecule has 25 heavy (non-hydrogen) atoms. The quantitative estimate of drug-likeness (QED) is 0.679. The van der Waals surface area contributed by atoms with E-state index in [-0.39, 0.29) is 24.4 Å². The first-order valence-corrected chi connectivity index (χ1v) is 8.36. The molecule has 0 amide bonds. The number of nitrogens with zero attached hydrogens (tertiary/aromatic N) is 2. The molecule has 0 bridgehead atoms.